The van der Waals surface area contributed by atoms with Gasteiger partial charge in [0, 0.05) is 12.1 Å². The second-order valence-electron chi connectivity index (χ2n) is 6.82. The van der Waals surface area contributed by atoms with Gasteiger partial charge < -0.3 is 10.1 Å². The van der Waals surface area contributed by atoms with Gasteiger partial charge in [-0.1, -0.05) is 23.8 Å². The van der Waals surface area contributed by atoms with Crippen molar-refractivity contribution in [3.05, 3.63) is 23.8 Å². The van der Waals surface area contributed by atoms with Gasteiger partial charge in [-0.25, -0.2) is 0 Å². The van der Waals surface area contributed by atoms with Crippen molar-refractivity contribution in [3.63, 3.8) is 0 Å². The number of carbonyl (C=O) groups excluding carboxylic acids is 1. The highest BCUT2D eigenvalue weighted by Gasteiger charge is 2.39. The summed E-state index contributed by atoms with van der Waals surface area (Å²) in [6.45, 7) is 11.3. The Balaban J connectivity index is 2.76. The van der Waals surface area contributed by atoms with Gasteiger partial charge in [-0.05, 0) is 66.2 Å². The molecule has 1 rings (SSSR count). The lowest BCUT2D eigenvalue weighted by Crippen LogP contribution is -2.48. The number of carbonyl (C=O) groups is 1. The zero-order chi connectivity index (χ0) is 15.9. The van der Waals surface area contributed by atoms with Crippen LogP contribution in [0.1, 0.15) is 60.3 Å². The minimum Gasteiger partial charge on any atom is -0.371 e. The molecular formula is C18H31NO2. The Morgan fingerprint density at radius 3 is 2.48 bits per heavy atom. The van der Waals surface area contributed by atoms with E-state index < -0.39 is 0 Å². The SMILES string of the molecule is CCOC(C)(/C=C/C=C(C)C)C1CCC(C)(NC=O)CC1. The highest BCUT2D eigenvalue weighted by molar-refractivity contribution is 5.47. The summed E-state index contributed by atoms with van der Waals surface area (Å²) in [4.78, 5) is 10.7. The van der Waals surface area contributed by atoms with Gasteiger partial charge in [-0.2, -0.15) is 0 Å². The molecule has 0 aromatic carbocycles. The van der Waals surface area contributed by atoms with Crippen LogP contribution in [0.4, 0.5) is 0 Å². The molecule has 1 saturated carbocycles. The minimum atomic E-state index is -0.219. The molecule has 0 aromatic rings. The molecular weight excluding hydrogens is 262 g/mol. The van der Waals surface area contributed by atoms with Gasteiger partial charge in [-0.15, -0.1) is 0 Å². The van der Waals surface area contributed by atoms with Crippen molar-refractivity contribution in [1.29, 1.82) is 0 Å². The maximum atomic E-state index is 10.7. The molecule has 0 aromatic heterocycles. The maximum absolute atomic E-state index is 10.7. The van der Waals surface area contributed by atoms with E-state index in [1.54, 1.807) is 0 Å². The average Bonchev–Trinajstić information content (AvgIpc) is 2.39. The quantitative estimate of drug-likeness (QED) is 0.569. The number of amides is 1. The van der Waals surface area contributed by atoms with Crippen LogP contribution in [0.5, 0.6) is 0 Å². The first-order valence-corrected chi connectivity index (χ1v) is 8.03. The topological polar surface area (TPSA) is 38.3 Å². The molecule has 1 unspecified atom stereocenters. The molecule has 3 heteroatoms. The normalized spacial score (nSPS) is 28.9. The molecule has 120 valence electrons. The van der Waals surface area contributed by atoms with Crippen molar-refractivity contribution in [3.8, 4) is 0 Å². The zero-order valence-corrected chi connectivity index (χ0v) is 14.2. The molecule has 0 spiro atoms. The van der Waals surface area contributed by atoms with E-state index in [0.717, 1.165) is 38.7 Å². The third-order valence-corrected chi connectivity index (χ3v) is 4.62. The summed E-state index contributed by atoms with van der Waals surface area (Å²) in [6.07, 6.45) is 11.4. The fourth-order valence-electron chi connectivity index (χ4n) is 3.16. The number of nitrogens with one attached hydrogen (secondary N) is 1. The van der Waals surface area contributed by atoms with Crippen LogP contribution in [0.3, 0.4) is 0 Å². The van der Waals surface area contributed by atoms with E-state index in [9.17, 15) is 4.79 Å². The van der Waals surface area contributed by atoms with Crippen LogP contribution in [0, 0.1) is 5.92 Å². The van der Waals surface area contributed by atoms with E-state index in [4.69, 9.17) is 4.74 Å². The molecule has 0 radical (unpaired) electrons. The molecule has 0 bridgehead atoms. The predicted molar refractivity (Wildman–Crippen MR) is 88.2 cm³/mol. The Hall–Kier alpha value is -1.09. The number of hydrogen-bond donors (Lipinski definition) is 1. The fraction of sp³-hybridized carbons (Fsp3) is 0.722. The Morgan fingerprint density at radius 2 is 2.00 bits per heavy atom. The van der Waals surface area contributed by atoms with Gasteiger partial charge in [0.1, 0.15) is 0 Å². The fourth-order valence-corrected chi connectivity index (χ4v) is 3.16. The summed E-state index contributed by atoms with van der Waals surface area (Å²) < 4.78 is 6.07. The van der Waals surface area contributed by atoms with Crippen molar-refractivity contribution in [2.24, 2.45) is 5.92 Å². The molecule has 0 aliphatic heterocycles. The Kier molecular flexibility index (Phi) is 6.66. The summed E-state index contributed by atoms with van der Waals surface area (Å²) in [6, 6.07) is 0. The monoisotopic (exact) mass is 293 g/mol. The molecule has 1 fully saturated rings. The standard InChI is InChI=1S/C18H31NO2/c1-6-21-18(5,11-7-8-15(2)3)16-9-12-17(4,13-10-16)19-14-20/h7-8,11,14,16H,6,9-10,12-13H2,1-5H3,(H,19,20)/b11-7+. The summed E-state index contributed by atoms with van der Waals surface area (Å²) in [5, 5.41) is 2.97. The second kappa shape index (κ2) is 7.79. The molecule has 1 aliphatic carbocycles. The molecule has 21 heavy (non-hydrogen) atoms. The van der Waals surface area contributed by atoms with E-state index in [-0.39, 0.29) is 11.1 Å². The first-order valence-electron chi connectivity index (χ1n) is 8.03. The van der Waals surface area contributed by atoms with Crippen LogP contribution in [-0.2, 0) is 9.53 Å². The summed E-state index contributed by atoms with van der Waals surface area (Å²) >= 11 is 0. The van der Waals surface area contributed by atoms with Crippen molar-refractivity contribution in [1.82, 2.24) is 5.32 Å². The minimum absolute atomic E-state index is 0.0466. The van der Waals surface area contributed by atoms with E-state index in [2.05, 4.69) is 51.2 Å². The van der Waals surface area contributed by atoms with Crippen molar-refractivity contribution in [2.45, 2.75) is 71.4 Å². The Labute approximate surface area is 129 Å². The molecule has 0 saturated heterocycles. The largest absolute Gasteiger partial charge is 0.371 e. The van der Waals surface area contributed by atoms with E-state index in [1.165, 1.54) is 5.57 Å². The first-order chi connectivity index (χ1) is 9.85. The van der Waals surface area contributed by atoms with Crippen LogP contribution in [0.15, 0.2) is 23.8 Å². The number of ether oxygens (including phenoxy) is 1. The van der Waals surface area contributed by atoms with Gasteiger partial charge in [0.15, 0.2) is 0 Å². The van der Waals surface area contributed by atoms with Crippen LogP contribution >= 0.6 is 0 Å². The lowest BCUT2D eigenvalue weighted by atomic mass is 9.71. The van der Waals surface area contributed by atoms with E-state index in [1.807, 2.05) is 6.92 Å². The average molecular weight is 293 g/mol. The van der Waals surface area contributed by atoms with Crippen LogP contribution < -0.4 is 5.32 Å². The third-order valence-electron chi connectivity index (χ3n) is 4.62. The first kappa shape index (κ1) is 18.0. The Bertz CT molecular complexity index is 388. The van der Waals surface area contributed by atoms with Crippen LogP contribution in [0.25, 0.3) is 0 Å². The van der Waals surface area contributed by atoms with Crippen molar-refractivity contribution >= 4 is 6.41 Å². The van der Waals surface area contributed by atoms with E-state index >= 15 is 0 Å². The van der Waals surface area contributed by atoms with Crippen molar-refractivity contribution in [2.75, 3.05) is 6.61 Å². The van der Waals surface area contributed by atoms with Crippen LogP contribution in [-0.4, -0.2) is 24.2 Å². The van der Waals surface area contributed by atoms with Gasteiger partial charge in [-0.3, -0.25) is 4.79 Å². The van der Waals surface area contributed by atoms with Gasteiger partial charge in [0.05, 0.1) is 5.60 Å². The lowest BCUT2D eigenvalue weighted by Gasteiger charge is -2.43. The molecule has 3 nitrogen and oxygen atoms in total. The van der Waals surface area contributed by atoms with Gasteiger partial charge in [0.25, 0.3) is 0 Å². The zero-order valence-electron chi connectivity index (χ0n) is 14.2. The highest BCUT2D eigenvalue weighted by Crippen LogP contribution is 2.39. The number of allylic oxidation sites excluding steroid dienone is 3. The molecule has 1 N–H and O–H groups in total. The molecule has 0 heterocycles. The molecule has 1 aliphatic rings. The maximum Gasteiger partial charge on any atom is 0.207 e. The summed E-state index contributed by atoms with van der Waals surface area (Å²) in [5.41, 5.74) is 1.02. The van der Waals surface area contributed by atoms with Gasteiger partial charge >= 0.3 is 0 Å². The summed E-state index contributed by atoms with van der Waals surface area (Å²) in [7, 11) is 0. The predicted octanol–water partition coefficient (Wildman–Crippen LogP) is 4.00. The molecule has 1 amide bonds. The smallest absolute Gasteiger partial charge is 0.207 e. The van der Waals surface area contributed by atoms with Gasteiger partial charge in [0.2, 0.25) is 6.41 Å². The highest BCUT2D eigenvalue weighted by atomic mass is 16.5. The lowest BCUT2D eigenvalue weighted by molar-refractivity contribution is -0.112. The van der Waals surface area contributed by atoms with E-state index in [0.29, 0.717) is 5.92 Å². The Morgan fingerprint density at radius 1 is 1.38 bits per heavy atom. The number of hydrogen-bond acceptors (Lipinski definition) is 2. The molecule has 1 atom stereocenters. The summed E-state index contributed by atoms with van der Waals surface area (Å²) in [5.74, 6) is 0.501. The van der Waals surface area contributed by atoms with Crippen molar-refractivity contribution < 1.29 is 9.53 Å². The second-order valence-corrected chi connectivity index (χ2v) is 6.82. The van der Waals surface area contributed by atoms with Crippen LogP contribution in [0.2, 0.25) is 0 Å². The third kappa shape index (κ3) is 5.31. The number of rotatable bonds is 7.